The standard InChI is InChI=1S/C22H30N4/c1-25(2)21(19-13-7-5-8-14-19)23-17-11-12-18-24-22(26(3)4)20-15-9-6-10-16-20/h5-10,13-16H,11-12,17-18H2,1-4H3. The molecule has 0 aliphatic rings. The Balaban J connectivity index is 1.89. The van der Waals surface area contributed by atoms with Crippen LogP contribution >= 0.6 is 0 Å². The van der Waals surface area contributed by atoms with Gasteiger partial charge in [0.05, 0.1) is 0 Å². The SMILES string of the molecule is CN(C)C(=NCCCCN=C(c1ccccc1)N(C)C)c1ccccc1. The molecule has 0 unspecified atom stereocenters. The molecule has 4 heteroatoms. The smallest absolute Gasteiger partial charge is 0.130 e. The van der Waals surface area contributed by atoms with Crippen molar-refractivity contribution in [3.05, 3.63) is 71.8 Å². The fraction of sp³-hybridized carbons (Fsp3) is 0.364. The van der Waals surface area contributed by atoms with E-state index in [4.69, 9.17) is 9.98 Å². The molecule has 0 N–H and O–H groups in total. The Labute approximate surface area is 157 Å². The van der Waals surface area contributed by atoms with E-state index < -0.39 is 0 Å². The molecule has 0 atom stereocenters. The second-order valence-electron chi connectivity index (χ2n) is 6.64. The molecule has 0 aromatic heterocycles. The first-order chi connectivity index (χ1) is 12.6. The van der Waals surface area contributed by atoms with Gasteiger partial charge in [0.2, 0.25) is 0 Å². The molecule has 4 nitrogen and oxygen atoms in total. The maximum atomic E-state index is 4.79. The zero-order valence-corrected chi connectivity index (χ0v) is 16.4. The lowest BCUT2D eigenvalue weighted by atomic mass is 10.2. The van der Waals surface area contributed by atoms with Gasteiger partial charge >= 0.3 is 0 Å². The summed E-state index contributed by atoms with van der Waals surface area (Å²) in [4.78, 5) is 13.7. The fourth-order valence-electron chi connectivity index (χ4n) is 2.75. The predicted molar refractivity (Wildman–Crippen MR) is 112 cm³/mol. The number of nitrogens with zero attached hydrogens (tertiary/aromatic N) is 4. The summed E-state index contributed by atoms with van der Waals surface area (Å²) in [5.74, 6) is 2.07. The molecule has 26 heavy (non-hydrogen) atoms. The molecule has 2 aromatic rings. The number of unbranched alkanes of at least 4 members (excludes halogenated alkanes) is 1. The molecule has 138 valence electrons. The number of hydrogen-bond donors (Lipinski definition) is 0. The lowest BCUT2D eigenvalue weighted by Crippen LogP contribution is -2.23. The highest BCUT2D eigenvalue weighted by molar-refractivity contribution is 5.98. The van der Waals surface area contributed by atoms with Crippen LogP contribution < -0.4 is 0 Å². The van der Waals surface area contributed by atoms with Crippen molar-refractivity contribution >= 4 is 11.7 Å². The van der Waals surface area contributed by atoms with Crippen LogP contribution in [0.3, 0.4) is 0 Å². The molecule has 2 aromatic carbocycles. The minimum absolute atomic E-state index is 0.820. The summed E-state index contributed by atoms with van der Waals surface area (Å²) in [5.41, 5.74) is 2.32. The van der Waals surface area contributed by atoms with Crippen LogP contribution in [0.15, 0.2) is 70.6 Å². The van der Waals surface area contributed by atoms with E-state index in [2.05, 4.69) is 58.3 Å². The maximum Gasteiger partial charge on any atom is 0.130 e. The summed E-state index contributed by atoms with van der Waals surface area (Å²) in [6, 6.07) is 20.7. The van der Waals surface area contributed by atoms with E-state index in [-0.39, 0.29) is 0 Å². The molecule has 0 fully saturated rings. The van der Waals surface area contributed by atoms with Gasteiger partial charge in [-0.05, 0) is 12.8 Å². The van der Waals surface area contributed by atoms with Crippen LogP contribution in [0.1, 0.15) is 24.0 Å². The summed E-state index contributed by atoms with van der Waals surface area (Å²) in [6.45, 7) is 1.64. The average Bonchev–Trinajstić information content (AvgIpc) is 2.65. The van der Waals surface area contributed by atoms with Gasteiger partial charge in [-0.15, -0.1) is 0 Å². The van der Waals surface area contributed by atoms with Crippen molar-refractivity contribution < 1.29 is 0 Å². The number of amidine groups is 2. The Morgan fingerprint density at radius 1 is 0.615 bits per heavy atom. The highest BCUT2D eigenvalue weighted by Crippen LogP contribution is 2.06. The topological polar surface area (TPSA) is 31.2 Å². The monoisotopic (exact) mass is 350 g/mol. The minimum Gasteiger partial charge on any atom is -0.363 e. The third kappa shape index (κ3) is 6.03. The van der Waals surface area contributed by atoms with Crippen LogP contribution in [0.5, 0.6) is 0 Å². The number of hydrogen-bond acceptors (Lipinski definition) is 2. The first-order valence-corrected chi connectivity index (χ1v) is 9.14. The quantitative estimate of drug-likeness (QED) is 0.432. The van der Waals surface area contributed by atoms with Crippen molar-refractivity contribution in [3.8, 4) is 0 Å². The molecular weight excluding hydrogens is 320 g/mol. The largest absolute Gasteiger partial charge is 0.363 e. The summed E-state index contributed by atoms with van der Waals surface area (Å²) in [6.07, 6.45) is 2.06. The Bertz CT molecular complexity index is 640. The van der Waals surface area contributed by atoms with Gasteiger partial charge in [0.1, 0.15) is 11.7 Å². The zero-order valence-electron chi connectivity index (χ0n) is 16.4. The van der Waals surface area contributed by atoms with Gasteiger partial charge in [-0.25, -0.2) is 0 Å². The van der Waals surface area contributed by atoms with Crippen LogP contribution in [0.2, 0.25) is 0 Å². The van der Waals surface area contributed by atoms with E-state index in [0.29, 0.717) is 0 Å². The van der Waals surface area contributed by atoms with Crippen LogP contribution in [0.4, 0.5) is 0 Å². The Hall–Kier alpha value is -2.62. The highest BCUT2D eigenvalue weighted by Gasteiger charge is 2.05. The normalized spacial score (nSPS) is 12.2. The molecule has 0 heterocycles. The Kier molecular flexibility index (Phi) is 7.87. The second kappa shape index (κ2) is 10.4. The van der Waals surface area contributed by atoms with Gasteiger partial charge in [0, 0.05) is 52.4 Å². The molecule has 0 amide bonds. The third-order valence-corrected chi connectivity index (χ3v) is 4.00. The zero-order chi connectivity index (χ0) is 18.8. The van der Waals surface area contributed by atoms with Crippen molar-refractivity contribution in [2.45, 2.75) is 12.8 Å². The lowest BCUT2D eigenvalue weighted by Gasteiger charge is -2.16. The van der Waals surface area contributed by atoms with E-state index in [0.717, 1.165) is 48.7 Å². The van der Waals surface area contributed by atoms with E-state index in [1.54, 1.807) is 0 Å². The van der Waals surface area contributed by atoms with Crippen LogP contribution in [-0.2, 0) is 0 Å². The highest BCUT2D eigenvalue weighted by atomic mass is 15.1. The number of benzene rings is 2. The van der Waals surface area contributed by atoms with Crippen molar-refractivity contribution in [2.24, 2.45) is 9.98 Å². The first kappa shape index (κ1) is 19.7. The van der Waals surface area contributed by atoms with Crippen LogP contribution in [-0.4, -0.2) is 62.8 Å². The molecular formula is C22H30N4. The Morgan fingerprint density at radius 2 is 0.962 bits per heavy atom. The average molecular weight is 351 g/mol. The molecule has 0 aliphatic heterocycles. The van der Waals surface area contributed by atoms with Crippen LogP contribution in [0.25, 0.3) is 0 Å². The van der Waals surface area contributed by atoms with Crippen molar-refractivity contribution in [3.63, 3.8) is 0 Å². The minimum atomic E-state index is 0.820. The summed E-state index contributed by atoms with van der Waals surface area (Å²) >= 11 is 0. The van der Waals surface area contributed by atoms with E-state index in [1.807, 2.05) is 40.3 Å². The van der Waals surface area contributed by atoms with E-state index in [9.17, 15) is 0 Å². The summed E-state index contributed by atoms with van der Waals surface area (Å²) < 4.78 is 0. The van der Waals surface area contributed by atoms with Gasteiger partial charge in [-0.1, -0.05) is 60.7 Å². The molecule has 0 radical (unpaired) electrons. The summed E-state index contributed by atoms with van der Waals surface area (Å²) in [7, 11) is 8.16. The third-order valence-electron chi connectivity index (χ3n) is 4.00. The van der Waals surface area contributed by atoms with Gasteiger partial charge in [-0.3, -0.25) is 9.98 Å². The van der Waals surface area contributed by atoms with Gasteiger partial charge in [0.25, 0.3) is 0 Å². The van der Waals surface area contributed by atoms with Gasteiger partial charge < -0.3 is 9.80 Å². The summed E-state index contributed by atoms with van der Waals surface area (Å²) in [5, 5.41) is 0. The van der Waals surface area contributed by atoms with Crippen molar-refractivity contribution in [2.75, 3.05) is 41.3 Å². The van der Waals surface area contributed by atoms with Crippen LogP contribution in [0, 0.1) is 0 Å². The molecule has 0 bridgehead atoms. The molecule has 0 aliphatic carbocycles. The second-order valence-corrected chi connectivity index (χ2v) is 6.64. The van der Waals surface area contributed by atoms with E-state index >= 15 is 0 Å². The lowest BCUT2D eigenvalue weighted by molar-refractivity contribution is 0.611. The molecule has 0 saturated carbocycles. The fourth-order valence-corrected chi connectivity index (χ4v) is 2.75. The van der Waals surface area contributed by atoms with Crippen molar-refractivity contribution in [1.82, 2.24) is 9.80 Å². The van der Waals surface area contributed by atoms with Gasteiger partial charge in [0.15, 0.2) is 0 Å². The Morgan fingerprint density at radius 3 is 1.27 bits per heavy atom. The first-order valence-electron chi connectivity index (χ1n) is 9.14. The molecule has 0 saturated heterocycles. The van der Waals surface area contributed by atoms with E-state index in [1.165, 1.54) is 0 Å². The maximum absolute atomic E-state index is 4.79. The number of rotatable bonds is 7. The van der Waals surface area contributed by atoms with Gasteiger partial charge in [-0.2, -0.15) is 0 Å². The van der Waals surface area contributed by atoms with Crippen molar-refractivity contribution in [1.29, 1.82) is 0 Å². The predicted octanol–water partition coefficient (Wildman–Crippen LogP) is 3.78. The molecule has 0 spiro atoms. The molecule has 2 rings (SSSR count). The number of aliphatic imine (C=N–C) groups is 2.